The van der Waals surface area contributed by atoms with Gasteiger partial charge in [0.2, 0.25) is 0 Å². The number of rotatable bonds is 4. The van der Waals surface area contributed by atoms with Crippen LogP contribution in [0.4, 0.5) is 5.69 Å². The highest BCUT2D eigenvalue weighted by Crippen LogP contribution is 2.12. The number of carbonyl (C=O) groups excluding carboxylic acids is 1. The third kappa shape index (κ3) is 3.07. The molecule has 0 aliphatic heterocycles. The summed E-state index contributed by atoms with van der Waals surface area (Å²) < 4.78 is 2.87. The molecular weight excluding hydrogens is 332 g/mol. The average Bonchev–Trinajstić information content (AvgIpc) is 2.99. The van der Waals surface area contributed by atoms with Crippen molar-refractivity contribution in [2.45, 2.75) is 6.54 Å². The summed E-state index contributed by atoms with van der Waals surface area (Å²) in [6.07, 6.45) is 6.04. The van der Waals surface area contributed by atoms with Crippen molar-refractivity contribution in [2.75, 3.05) is 5.32 Å². The summed E-state index contributed by atoms with van der Waals surface area (Å²) in [5.74, 6) is -0.347. The number of nitrogens with one attached hydrogen (secondary N) is 1. The number of hydrogen-bond acceptors (Lipinski definition) is 5. The quantitative estimate of drug-likeness (QED) is 0.605. The number of fused-ring (bicyclic) bond motifs is 1. The van der Waals surface area contributed by atoms with Gasteiger partial charge in [-0.25, -0.2) is 14.5 Å². The topological polar surface area (TPSA) is 94.2 Å². The van der Waals surface area contributed by atoms with Crippen LogP contribution in [-0.2, 0) is 6.54 Å². The Hall–Kier alpha value is -3.81. The Bertz CT molecular complexity index is 1130. The van der Waals surface area contributed by atoms with Gasteiger partial charge in [0.05, 0.1) is 12.7 Å². The summed E-state index contributed by atoms with van der Waals surface area (Å²) in [7, 11) is 0. The molecule has 0 spiro atoms. The lowest BCUT2D eigenvalue weighted by Crippen LogP contribution is -2.21. The first-order chi connectivity index (χ1) is 12.7. The summed E-state index contributed by atoms with van der Waals surface area (Å²) >= 11 is 0. The van der Waals surface area contributed by atoms with Gasteiger partial charge in [-0.2, -0.15) is 0 Å². The molecule has 0 radical (unpaired) electrons. The van der Waals surface area contributed by atoms with Crippen LogP contribution in [0.3, 0.4) is 0 Å². The molecule has 0 saturated heterocycles. The maximum absolute atomic E-state index is 12.4. The molecule has 0 saturated carbocycles. The van der Waals surface area contributed by atoms with Crippen molar-refractivity contribution in [3.8, 4) is 0 Å². The fraction of sp³-hybridized carbons (Fsp3) is 0.0556. The lowest BCUT2D eigenvalue weighted by Gasteiger charge is -2.07. The summed E-state index contributed by atoms with van der Waals surface area (Å²) in [5, 5.41) is 7.08. The van der Waals surface area contributed by atoms with E-state index >= 15 is 0 Å². The second-order valence-corrected chi connectivity index (χ2v) is 5.61. The molecule has 1 N–H and O–H groups in total. The maximum Gasteiger partial charge on any atom is 0.350 e. The van der Waals surface area contributed by atoms with Gasteiger partial charge >= 0.3 is 5.69 Å². The second kappa shape index (κ2) is 6.60. The summed E-state index contributed by atoms with van der Waals surface area (Å²) in [6.45, 7) is 0.301. The van der Waals surface area contributed by atoms with Crippen LogP contribution in [0.1, 0.15) is 16.1 Å². The van der Waals surface area contributed by atoms with Gasteiger partial charge in [0.15, 0.2) is 5.65 Å². The van der Waals surface area contributed by atoms with Crippen LogP contribution >= 0.6 is 0 Å². The van der Waals surface area contributed by atoms with Gasteiger partial charge in [0, 0.05) is 24.3 Å². The van der Waals surface area contributed by atoms with E-state index in [0.29, 0.717) is 17.9 Å². The Balaban J connectivity index is 1.57. The first kappa shape index (κ1) is 15.7. The monoisotopic (exact) mass is 346 g/mol. The van der Waals surface area contributed by atoms with Crippen molar-refractivity contribution in [2.24, 2.45) is 0 Å². The van der Waals surface area contributed by atoms with Crippen molar-refractivity contribution >= 4 is 17.2 Å². The van der Waals surface area contributed by atoms with Gasteiger partial charge in [-0.15, -0.1) is 5.10 Å². The molecule has 0 bridgehead atoms. The van der Waals surface area contributed by atoms with E-state index in [-0.39, 0.29) is 17.3 Å². The summed E-state index contributed by atoms with van der Waals surface area (Å²) in [4.78, 5) is 32.4. The lowest BCUT2D eigenvalue weighted by molar-refractivity contribution is 0.102. The van der Waals surface area contributed by atoms with Crippen LogP contribution in [0.25, 0.3) is 5.65 Å². The van der Waals surface area contributed by atoms with E-state index in [2.05, 4.69) is 20.4 Å². The van der Waals surface area contributed by atoms with Crippen LogP contribution in [0.15, 0.2) is 72.0 Å². The molecule has 8 heteroatoms. The molecule has 4 rings (SSSR count). The smallest absolute Gasteiger partial charge is 0.321 e. The Morgan fingerprint density at radius 2 is 2.04 bits per heavy atom. The second-order valence-electron chi connectivity index (χ2n) is 5.61. The number of anilines is 1. The van der Waals surface area contributed by atoms with Crippen molar-refractivity contribution in [1.82, 2.24) is 24.1 Å². The van der Waals surface area contributed by atoms with Crippen molar-refractivity contribution in [3.63, 3.8) is 0 Å². The van der Waals surface area contributed by atoms with Gasteiger partial charge in [-0.1, -0.05) is 18.2 Å². The van der Waals surface area contributed by atoms with E-state index < -0.39 is 0 Å². The number of aromatic nitrogens is 5. The fourth-order valence-corrected chi connectivity index (χ4v) is 2.60. The Kier molecular flexibility index (Phi) is 3.98. The molecule has 3 aromatic heterocycles. The number of carbonyl (C=O) groups is 1. The summed E-state index contributed by atoms with van der Waals surface area (Å²) in [6, 6.07) is 12.6. The minimum absolute atomic E-state index is 0.213. The highest BCUT2D eigenvalue weighted by molar-refractivity contribution is 6.02. The Morgan fingerprint density at radius 1 is 1.12 bits per heavy atom. The molecule has 3 heterocycles. The number of pyridine rings is 1. The predicted molar refractivity (Wildman–Crippen MR) is 95.0 cm³/mol. The molecular formula is C18H14N6O2. The third-order valence-corrected chi connectivity index (χ3v) is 3.80. The molecule has 0 unspecified atom stereocenters. The number of amides is 1. The van der Waals surface area contributed by atoms with Crippen LogP contribution in [-0.4, -0.2) is 30.1 Å². The van der Waals surface area contributed by atoms with E-state index in [1.54, 1.807) is 30.5 Å². The fourth-order valence-electron chi connectivity index (χ4n) is 2.60. The van der Waals surface area contributed by atoms with Gasteiger partial charge in [-0.05, 0) is 29.8 Å². The largest absolute Gasteiger partial charge is 0.350 e. The van der Waals surface area contributed by atoms with Gasteiger partial charge < -0.3 is 5.32 Å². The van der Waals surface area contributed by atoms with Crippen LogP contribution < -0.4 is 11.0 Å². The molecule has 0 fully saturated rings. The zero-order valence-electron chi connectivity index (χ0n) is 13.6. The van der Waals surface area contributed by atoms with E-state index in [4.69, 9.17) is 0 Å². The molecule has 0 aliphatic rings. The van der Waals surface area contributed by atoms with Gasteiger partial charge in [0.1, 0.15) is 5.69 Å². The highest BCUT2D eigenvalue weighted by atomic mass is 16.2. The Labute approximate surface area is 147 Å². The third-order valence-electron chi connectivity index (χ3n) is 3.80. The minimum atomic E-state index is -0.347. The molecule has 1 amide bonds. The average molecular weight is 346 g/mol. The first-order valence-corrected chi connectivity index (χ1v) is 7.91. The zero-order chi connectivity index (χ0) is 17.9. The lowest BCUT2D eigenvalue weighted by atomic mass is 10.2. The van der Waals surface area contributed by atoms with Crippen LogP contribution in [0.5, 0.6) is 0 Å². The highest BCUT2D eigenvalue weighted by Gasteiger charge is 2.09. The van der Waals surface area contributed by atoms with Crippen molar-refractivity contribution in [1.29, 1.82) is 0 Å². The van der Waals surface area contributed by atoms with E-state index in [9.17, 15) is 9.59 Å². The Morgan fingerprint density at radius 3 is 2.85 bits per heavy atom. The molecule has 0 aliphatic carbocycles. The first-order valence-electron chi connectivity index (χ1n) is 7.91. The van der Waals surface area contributed by atoms with Crippen molar-refractivity contribution in [3.05, 3.63) is 89.0 Å². The van der Waals surface area contributed by atoms with Gasteiger partial charge in [-0.3, -0.25) is 14.2 Å². The normalized spacial score (nSPS) is 10.8. The van der Waals surface area contributed by atoms with E-state index in [1.165, 1.54) is 27.7 Å². The zero-order valence-corrected chi connectivity index (χ0v) is 13.6. The molecule has 1 aromatic carbocycles. The van der Waals surface area contributed by atoms with Gasteiger partial charge in [0.25, 0.3) is 5.91 Å². The molecule has 8 nitrogen and oxygen atoms in total. The number of hydrogen-bond donors (Lipinski definition) is 1. The van der Waals surface area contributed by atoms with Crippen LogP contribution in [0, 0.1) is 0 Å². The standard InChI is InChI=1S/C18H14N6O2/c25-17(15-11-19-7-8-20-15)21-14-5-3-4-13(10-14)12-24-18(26)23-9-2-1-6-16(23)22-24/h1-11H,12H2,(H,21,25). The molecule has 4 aromatic rings. The van der Waals surface area contributed by atoms with Crippen molar-refractivity contribution < 1.29 is 4.79 Å². The number of benzene rings is 1. The van der Waals surface area contributed by atoms with E-state index in [1.807, 2.05) is 18.2 Å². The minimum Gasteiger partial charge on any atom is -0.321 e. The summed E-state index contributed by atoms with van der Waals surface area (Å²) in [5.41, 5.74) is 2.05. The number of nitrogens with zero attached hydrogens (tertiary/aromatic N) is 5. The SMILES string of the molecule is O=C(Nc1cccc(Cn2nc3ccccn3c2=O)c1)c1cnccn1. The maximum atomic E-state index is 12.4. The molecule has 26 heavy (non-hydrogen) atoms. The molecule has 128 valence electrons. The van der Waals surface area contributed by atoms with E-state index in [0.717, 1.165) is 5.56 Å². The molecule has 0 atom stereocenters. The predicted octanol–water partition coefficient (Wildman–Crippen LogP) is 1.59. The van der Waals surface area contributed by atoms with Crippen LogP contribution in [0.2, 0.25) is 0 Å².